The Bertz CT molecular complexity index is 2010. The van der Waals surface area contributed by atoms with Crippen LogP contribution in [0.3, 0.4) is 0 Å². The largest absolute Gasteiger partial charge is 0.478 e. The number of carboxylic acids is 1. The molecule has 0 unspecified atom stereocenters. The standard InChI is InChI=1S/C32H28N6O5/c1-4-42-31-34-26-7-5-6-24(30(39)40)28(26)38(31)18-19-8-10-20(11-9-19)25-16-21(27-17-22(37(2)3)14-15-33-27)12-13-23(25)29-35-32(41)43-36-29/h5-17H,4,18H2,1-3H3,(H,39,40)(H,35,36,41). The maximum absolute atomic E-state index is 12.0. The van der Waals surface area contributed by atoms with E-state index in [2.05, 4.69) is 20.1 Å². The second-order valence-electron chi connectivity index (χ2n) is 10.1. The molecule has 6 rings (SSSR count). The molecule has 2 N–H and O–H groups in total. The van der Waals surface area contributed by atoms with Crippen LogP contribution in [0.1, 0.15) is 22.8 Å². The second kappa shape index (κ2) is 11.3. The molecule has 0 aliphatic carbocycles. The number of aromatic carboxylic acids is 1. The molecule has 3 aromatic heterocycles. The van der Waals surface area contributed by atoms with Crippen molar-refractivity contribution in [3.63, 3.8) is 0 Å². The molecule has 3 heterocycles. The Morgan fingerprint density at radius 1 is 1.02 bits per heavy atom. The number of carboxylic acid groups (broad SMARTS) is 1. The second-order valence-corrected chi connectivity index (χ2v) is 10.1. The van der Waals surface area contributed by atoms with Gasteiger partial charge in [0.05, 0.1) is 35.4 Å². The Morgan fingerprint density at radius 3 is 2.51 bits per heavy atom. The SMILES string of the molecule is CCOc1nc2cccc(C(=O)O)c2n1Cc1ccc(-c2cc(-c3cc(N(C)C)ccn3)ccc2-c2noc(=O)[nH]2)cc1. The number of aromatic nitrogens is 5. The van der Waals surface area contributed by atoms with E-state index in [0.717, 1.165) is 33.6 Å². The number of ether oxygens (including phenoxy) is 1. The van der Waals surface area contributed by atoms with Gasteiger partial charge in [0.25, 0.3) is 6.01 Å². The molecule has 0 bridgehead atoms. The molecular formula is C32H28N6O5. The van der Waals surface area contributed by atoms with Gasteiger partial charge in [-0.1, -0.05) is 41.6 Å². The summed E-state index contributed by atoms with van der Waals surface area (Å²) in [5.41, 5.74) is 7.22. The fraction of sp³-hybridized carbons (Fsp3) is 0.156. The minimum absolute atomic E-state index is 0.155. The fourth-order valence-corrected chi connectivity index (χ4v) is 5.05. The molecule has 0 saturated carbocycles. The first-order chi connectivity index (χ1) is 20.8. The normalized spacial score (nSPS) is 11.1. The molecule has 11 nitrogen and oxygen atoms in total. The fourth-order valence-electron chi connectivity index (χ4n) is 5.05. The first-order valence-electron chi connectivity index (χ1n) is 13.6. The number of carbonyl (C=O) groups is 1. The molecule has 3 aromatic carbocycles. The van der Waals surface area contributed by atoms with Crippen LogP contribution in [-0.4, -0.2) is 56.5 Å². The Kier molecular flexibility index (Phi) is 7.21. The Labute approximate surface area is 246 Å². The summed E-state index contributed by atoms with van der Waals surface area (Å²) >= 11 is 0. The Hall–Kier alpha value is -5.71. The van der Waals surface area contributed by atoms with Crippen molar-refractivity contribution in [2.45, 2.75) is 13.5 Å². The van der Waals surface area contributed by atoms with Gasteiger partial charge in [0.1, 0.15) is 0 Å². The van der Waals surface area contributed by atoms with Crippen molar-refractivity contribution in [3.05, 3.63) is 101 Å². The lowest BCUT2D eigenvalue weighted by Crippen LogP contribution is -2.08. The molecular weight excluding hydrogens is 548 g/mol. The summed E-state index contributed by atoms with van der Waals surface area (Å²) in [6.07, 6.45) is 1.77. The van der Waals surface area contributed by atoms with Crippen LogP contribution >= 0.6 is 0 Å². The van der Waals surface area contributed by atoms with Crippen LogP contribution in [0, 0.1) is 0 Å². The van der Waals surface area contributed by atoms with Crippen LogP contribution in [0.5, 0.6) is 6.01 Å². The average Bonchev–Trinajstić information content (AvgIpc) is 3.60. The number of pyridine rings is 1. The topological polar surface area (TPSA) is 139 Å². The number of nitrogens with zero attached hydrogens (tertiary/aromatic N) is 5. The monoisotopic (exact) mass is 576 g/mol. The van der Waals surface area contributed by atoms with E-state index in [1.54, 1.807) is 29.0 Å². The van der Waals surface area contributed by atoms with Crippen molar-refractivity contribution in [2.24, 2.45) is 0 Å². The lowest BCUT2D eigenvalue weighted by atomic mass is 9.95. The maximum atomic E-state index is 12.0. The van der Waals surface area contributed by atoms with E-state index in [0.29, 0.717) is 41.6 Å². The summed E-state index contributed by atoms with van der Waals surface area (Å²) < 4.78 is 12.4. The van der Waals surface area contributed by atoms with E-state index >= 15 is 0 Å². The summed E-state index contributed by atoms with van der Waals surface area (Å²) in [6, 6.07) is 23.0. The van der Waals surface area contributed by atoms with Crippen molar-refractivity contribution < 1.29 is 19.2 Å². The van der Waals surface area contributed by atoms with E-state index in [1.807, 2.05) is 80.5 Å². The van der Waals surface area contributed by atoms with Crippen LogP contribution in [0.15, 0.2) is 88.3 Å². The minimum Gasteiger partial charge on any atom is -0.478 e. The molecule has 0 saturated heterocycles. The molecule has 0 fully saturated rings. The third-order valence-electron chi connectivity index (χ3n) is 7.11. The number of hydrogen-bond donors (Lipinski definition) is 2. The van der Waals surface area contributed by atoms with Gasteiger partial charge >= 0.3 is 11.7 Å². The van der Waals surface area contributed by atoms with E-state index in [1.165, 1.54) is 0 Å². The average molecular weight is 577 g/mol. The van der Waals surface area contributed by atoms with Gasteiger partial charge in [0.15, 0.2) is 5.82 Å². The number of benzene rings is 3. The number of imidazole rings is 1. The van der Waals surface area contributed by atoms with Gasteiger partial charge in [-0.2, -0.15) is 4.98 Å². The highest BCUT2D eigenvalue weighted by atomic mass is 16.5. The van der Waals surface area contributed by atoms with E-state index in [-0.39, 0.29) is 5.56 Å². The number of hydrogen-bond acceptors (Lipinski definition) is 8. The van der Waals surface area contributed by atoms with Gasteiger partial charge in [0.2, 0.25) is 0 Å². The van der Waals surface area contributed by atoms with Crippen molar-refractivity contribution >= 4 is 22.7 Å². The molecule has 0 aliphatic rings. The molecule has 0 aliphatic heterocycles. The van der Waals surface area contributed by atoms with E-state index in [4.69, 9.17) is 9.26 Å². The van der Waals surface area contributed by atoms with Gasteiger partial charge < -0.3 is 14.7 Å². The van der Waals surface area contributed by atoms with Gasteiger partial charge in [-0.3, -0.25) is 19.1 Å². The maximum Gasteiger partial charge on any atom is 0.439 e. The minimum atomic E-state index is -1.03. The summed E-state index contributed by atoms with van der Waals surface area (Å²) in [4.78, 5) is 37.5. The zero-order valence-electron chi connectivity index (χ0n) is 23.7. The third-order valence-corrected chi connectivity index (χ3v) is 7.11. The van der Waals surface area contributed by atoms with Gasteiger partial charge in [0, 0.05) is 37.1 Å². The quantitative estimate of drug-likeness (QED) is 0.234. The molecule has 43 heavy (non-hydrogen) atoms. The molecule has 0 spiro atoms. The summed E-state index contributed by atoms with van der Waals surface area (Å²) in [7, 11) is 3.95. The molecule has 0 atom stereocenters. The smallest absolute Gasteiger partial charge is 0.439 e. The zero-order chi connectivity index (χ0) is 30.1. The number of fused-ring (bicyclic) bond motifs is 1. The molecule has 0 radical (unpaired) electrons. The molecule has 6 aromatic rings. The van der Waals surface area contributed by atoms with Gasteiger partial charge in [-0.15, -0.1) is 0 Å². The van der Waals surface area contributed by atoms with E-state index < -0.39 is 11.7 Å². The number of para-hydroxylation sites is 1. The van der Waals surface area contributed by atoms with Gasteiger partial charge in [-0.25, -0.2) is 9.59 Å². The van der Waals surface area contributed by atoms with Crippen LogP contribution < -0.4 is 15.4 Å². The molecule has 11 heteroatoms. The van der Waals surface area contributed by atoms with Crippen LogP contribution in [0.25, 0.3) is 44.8 Å². The highest BCUT2D eigenvalue weighted by Gasteiger charge is 2.19. The van der Waals surface area contributed by atoms with Crippen LogP contribution in [0.2, 0.25) is 0 Å². The first kappa shape index (κ1) is 27.5. The van der Waals surface area contributed by atoms with Crippen molar-refractivity contribution in [2.75, 3.05) is 25.6 Å². The number of nitrogens with one attached hydrogen (secondary N) is 1. The summed E-state index contributed by atoms with van der Waals surface area (Å²) in [6.45, 7) is 2.60. The number of rotatable bonds is 9. The van der Waals surface area contributed by atoms with E-state index in [9.17, 15) is 14.7 Å². The molecule has 216 valence electrons. The number of H-pyrrole nitrogens is 1. The van der Waals surface area contributed by atoms with Gasteiger partial charge in [-0.05, 0) is 60.0 Å². The van der Waals surface area contributed by atoms with Crippen LogP contribution in [-0.2, 0) is 6.54 Å². The molecule has 0 amide bonds. The number of anilines is 1. The lowest BCUT2D eigenvalue weighted by Gasteiger charge is -2.15. The number of aromatic amines is 1. The highest BCUT2D eigenvalue weighted by Crippen LogP contribution is 2.35. The Morgan fingerprint density at radius 2 is 1.81 bits per heavy atom. The first-order valence-corrected chi connectivity index (χ1v) is 13.6. The third kappa shape index (κ3) is 5.35. The highest BCUT2D eigenvalue weighted by molar-refractivity contribution is 6.01. The summed E-state index contributed by atoms with van der Waals surface area (Å²) in [5, 5.41) is 13.7. The predicted molar refractivity (Wildman–Crippen MR) is 163 cm³/mol. The lowest BCUT2D eigenvalue weighted by molar-refractivity contribution is 0.0698. The zero-order valence-corrected chi connectivity index (χ0v) is 23.7. The van der Waals surface area contributed by atoms with Crippen molar-refractivity contribution in [1.29, 1.82) is 0 Å². The van der Waals surface area contributed by atoms with Crippen LogP contribution in [0.4, 0.5) is 5.69 Å². The van der Waals surface area contributed by atoms with Crippen molar-refractivity contribution in [1.82, 2.24) is 24.7 Å². The van der Waals surface area contributed by atoms with Crippen molar-refractivity contribution in [3.8, 4) is 39.8 Å². The summed E-state index contributed by atoms with van der Waals surface area (Å²) in [5.74, 6) is -1.36. The Balaban J connectivity index is 1.42. The predicted octanol–water partition coefficient (Wildman–Crippen LogP) is 5.32.